The Labute approximate surface area is 173 Å². The van der Waals surface area contributed by atoms with Gasteiger partial charge in [0.1, 0.15) is 11.3 Å². The van der Waals surface area contributed by atoms with Gasteiger partial charge in [-0.1, -0.05) is 48.5 Å². The lowest BCUT2D eigenvalue weighted by Crippen LogP contribution is -2.18. The molecule has 0 aliphatic carbocycles. The summed E-state index contributed by atoms with van der Waals surface area (Å²) in [5.74, 6) is 0.816. The van der Waals surface area contributed by atoms with Crippen LogP contribution in [0.5, 0.6) is 5.75 Å². The van der Waals surface area contributed by atoms with E-state index in [1.807, 2.05) is 71.7 Å². The van der Waals surface area contributed by atoms with Crippen LogP contribution in [-0.2, 0) is 0 Å². The Kier molecular flexibility index (Phi) is 4.56. The van der Waals surface area contributed by atoms with Crippen molar-refractivity contribution in [3.8, 4) is 5.75 Å². The zero-order chi connectivity index (χ0) is 20.5. The number of rotatable bonds is 4. The van der Waals surface area contributed by atoms with Crippen molar-refractivity contribution in [3.05, 3.63) is 106 Å². The second-order valence-electron chi connectivity index (χ2n) is 7.20. The Morgan fingerprint density at radius 3 is 2.47 bits per heavy atom. The smallest absolute Gasteiger partial charge is 0.336 e. The summed E-state index contributed by atoms with van der Waals surface area (Å²) < 4.78 is 10.7. The van der Waals surface area contributed by atoms with Gasteiger partial charge < -0.3 is 9.15 Å². The highest BCUT2D eigenvalue weighted by Gasteiger charge is 2.31. The standard InChI is InChI=1S/C25H20N2O3/c1-29-19-13-11-17(12-14-19)23-16-22(26-27(23)18-7-3-2-4-8-18)21-15-25(28)30-24-10-6-5-9-20(21)24/h2-15,23H,16H2,1H3. The van der Waals surface area contributed by atoms with Gasteiger partial charge in [0, 0.05) is 23.4 Å². The molecule has 1 aliphatic rings. The van der Waals surface area contributed by atoms with Gasteiger partial charge in [0.2, 0.25) is 0 Å². The summed E-state index contributed by atoms with van der Waals surface area (Å²) in [6, 6.07) is 27.3. The maximum atomic E-state index is 12.2. The number of anilines is 1. The number of nitrogens with zero attached hydrogens (tertiary/aromatic N) is 2. The van der Waals surface area contributed by atoms with Crippen LogP contribution < -0.4 is 15.4 Å². The Bertz CT molecular complexity index is 1280. The van der Waals surface area contributed by atoms with E-state index in [9.17, 15) is 4.79 Å². The molecular formula is C25H20N2O3. The van der Waals surface area contributed by atoms with Crippen LogP contribution in [0.2, 0.25) is 0 Å². The zero-order valence-corrected chi connectivity index (χ0v) is 16.5. The van der Waals surface area contributed by atoms with Gasteiger partial charge in [-0.05, 0) is 35.9 Å². The monoisotopic (exact) mass is 396 g/mol. The van der Waals surface area contributed by atoms with Gasteiger partial charge in [0.15, 0.2) is 0 Å². The van der Waals surface area contributed by atoms with Crippen LogP contribution in [0.1, 0.15) is 23.6 Å². The molecule has 0 saturated heterocycles. The molecule has 1 unspecified atom stereocenters. The van der Waals surface area contributed by atoms with Gasteiger partial charge in [-0.3, -0.25) is 5.01 Å². The summed E-state index contributed by atoms with van der Waals surface area (Å²) in [4.78, 5) is 12.2. The summed E-state index contributed by atoms with van der Waals surface area (Å²) >= 11 is 0. The Morgan fingerprint density at radius 1 is 0.967 bits per heavy atom. The minimum absolute atomic E-state index is 0.0133. The fourth-order valence-corrected chi connectivity index (χ4v) is 3.93. The summed E-state index contributed by atoms with van der Waals surface area (Å²) in [6.07, 6.45) is 0.675. The first-order valence-electron chi connectivity index (χ1n) is 9.82. The van der Waals surface area contributed by atoms with Crippen LogP contribution in [0.3, 0.4) is 0 Å². The first kappa shape index (κ1) is 18.2. The van der Waals surface area contributed by atoms with Crippen molar-refractivity contribution >= 4 is 22.4 Å². The number of methoxy groups -OCH3 is 1. The number of ether oxygens (including phenoxy) is 1. The van der Waals surface area contributed by atoms with Crippen LogP contribution in [-0.4, -0.2) is 12.8 Å². The molecule has 1 aliphatic heterocycles. The molecule has 1 aromatic heterocycles. The minimum Gasteiger partial charge on any atom is -0.497 e. The van der Waals surface area contributed by atoms with E-state index in [2.05, 4.69) is 12.1 Å². The first-order valence-corrected chi connectivity index (χ1v) is 9.82. The van der Waals surface area contributed by atoms with E-state index < -0.39 is 0 Å². The van der Waals surface area contributed by atoms with E-state index in [4.69, 9.17) is 14.3 Å². The average molecular weight is 396 g/mol. The van der Waals surface area contributed by atoms with Crippen LogP contribution in [0, 0.1) is 0 Å². The highest BCUT2D eigenvalue weighted by Crippen LogP contribution is 2.37. The Morgan fingerprint density at radius 2 is 1.70 bits per heavy atom. The van der Waals surface area contributed by atoms with Crippen molar-refractivity contribution in [2.45, 2.75) is 12.5 Å². The van der Waals surface area contributed by atoms with Gasteiger partial charge in [0.05, 0.1) is 24.6 Å². The van der Waals surface area contributed by atoms with Crippen molar-refractivity contribution in [1.29, 1.82) is 0 Å². The minimum atomic E-state index is -0.370. The predicted octanol–water partition coefficient (Wildman–Crippen LogP) is 5.16. The third kappa shape index (κ3) is 3.24. The number of fused-ring (bicyclic) bond motifs is 1. The zero-order valence-electron chi connectivity index (χ0n) is 16.5. The quantitative estimate of drug-likeness (QED) is 0.447. The summed E-state index contributed by atoms with van der Waals surface area (Å²) in [5.41, 5.74) is 4.02. The highest BCUT2D eigenvalue weighted by atomic mass is 16.5. The number of hydrogen-bond acceptors (Lipinski definition) is 5. The van der Waals surface area contributed by atoms with Crippen LogP contribution >= 0.6 is 0 Å². The normalized spacial score (nSPS) is 16.0. The van der Waals surface area contributed by atoms with Gasteiger partial charge in [-0.2, -0.15) is 5.10 Å². The lowest BCUT2D eigenvalue weighted by Gasteiger charge is -2.24. The van der Waals surface area contributed by atoms with Crippen molar-refractivity contribution in [3.63, 3.8) is 0 Å². The fraction of sp³-hybridized carbons (Fsp3) is 0.120. The molecule has 3 aromatic carbocycles. The Hall–Kier alpha value is -3.86. The molecule has 5 nitrogen and oxygen atoms in total. The van der Waals surface area contributed by atoms with Gasteiger partial charge in [-0.25, -0.2) is 4.79 Å². The summed E-state index contributed by atoms with van der Waals surface area (Å²) in [5, 5.41) is 7.87. The maximum absolute atomic E-state index is 12.2. The molecule has 0 saturated carbocycles. The molecule has 5 rings (SSSR count). The van der Waals surface area contributed by atoms with Gasteiger partial charge in [-0.15, -0.1) is 0 Å². The highest BCUT2D eigenvalue weighted by molar-refractivity contribution is 6.11. The first-order chi connectivity index (χ1) is 14.7. The number of hydrogen-bond donors (Lipinski definition) is 0. The molecule has 148 valence electrons. The molecule has 0 fully saturated rings. The number of hydrazone groups is 1. The second-order valence-corrected chi connectivity index (χ2v) is 7.20. The Balaban J connectivity index is 1.63. The summed E-state index contributed by atoms with van der Waals surface area (Å²) in [7, 11) is 1.66. The molecule has 1 atom stereocenters. The van der Waals surface area contributed by atoms with Crippen molar-refractivity contribution in [2.75, 3.05) is 12.1 Å². The van der Waals surface area contributed by atoms with Gasteiger partial charge >= 0.3 is 5.63 Å². The molecular weight excluding hydrogens is 376 g/mol. The van der Waals surface area contributed by atoms with E-state index in [-0.39, 0.29) is 11.7 Å². The maximum Gasteiger partial charge on any atom is 0.336 e. The van der Waals surface area contributed by atoms with E-state index in [0.29, 0.717) is 12.0 Å². The van der Waals surface area contributed by atoms with Crippen molar-refractivity contribution in [2.24, 2.45) is 5.10 Å². The SMILES string of the molecule is COc1ccc(C2CC(c3cc(=O)oc4ccccc34)=NN2c2ccccc2)cc1. The van der Waals surface area contributed by atoms with Crippen LogP contribution in [0.25, 0.3) is 11.0 Å². The van der Waals surface area contributed by atoms with E-state index in [1.165, 1.54) is 0 Å². The molecule has 0 bridgehead atoms. The topological polar surface area (TPSA) is 55.0 Å². The molecule has 5 heteroatoms. The lowest BCUT2D eigenvalue weighted by atomic mass is 9.96. The predicted molar refractivity (Wildman–Crippen MR) is 118 cm³/mol. The van der Waals surface area contributed by atoms with E-state index in [1.54, 1.807) is 13.2 Å². The van der Waals surface area contributed by atoms with Crippen LogP contribution in [0.15, 0.2) is 99.2 Å². The fourth-order valence-electron chi connectivity index (χ4n) is 3.93. The van der Waals surface area contributed by atoms with E-state index in [0.717, 1.165) is 33.7 Å². The average Bonchev–Trinajstić information content (AvgIpc) is 3.24. The number of benzene rings is 3. The third-order valence-electron chi connectivity index (χ3n) is 5.39. The molecule has 0 spiro atoms. The molecule has 4 aromatic rings. The summed E-state index contributed by atoms with van der Waals surface area (Å²) in [6.45, 7) is 0. The number of para-hydroxylation sites is 2. The van der Waals surface area contributed by atoms with Crippen molar-refractivity contribution in [1.82, 2.24) is 0 Å². The molecule has 0 amide bonds. The van der Waals surface area contributed by atoms with Crippen molar-refractivity contribution < 1.29 is 9.15 Å². The molecule has 0 N–H and O–H groups in total. The van der Waals surface area contributed by atoms with Gasteiger partial charge in [0.25, 0.3) is 0 Å². The van der Waals surface area contributed by atoms with E-state index >= 15 is 0 Å². The van der Waals surface area contributed by atoms with Crippen LogP contribution in [0.4, 0.5) is 5.69 Å². The lowest BCUT2D eigenvalue weighted by molar-refractivity contribution is 0.414. The molecule has 0 radical (unpaired) electrons. The second kappa shape index (κ2) is 7.52. The third-order valence-corrected chi connectivity index (χ3v) is 5.39. The molecule has 30 heavy (non-hydrogen) atoms. The molecule has 2 heterocycles. The largest absolute Gasteiger partial charge is 0.497 e.